The fourth-order valence-corrected chi connectivity index (χ4v) is 5.84. The minimum absolute atomic E-state index is 0.0324. The Morgan fingerprint density at radius 3 is 2.62 bits per heavy atom. The van der Waals surface area contributed by atoms with Crippen molar-refractivity contribution in [3.05, 3.63) is 42.0 Å². The number of piperazine rings is 1. The molecular formula is C25H30FN7O. The van der Waals surface area contributed by atoms with Crippen molar-refractivity contribution in [3.63, 3.8) is 0 Å². The molecule has 2 aromatic heterocycles. The molecule has 9 heteroatoms. The Morgan fingerprint density at radius 1 is 1.24 bits per heavy atom. The maximum absolute atomic E-state index is 14.9. The molecule has 3 aromatic rings. The zero-order valence-electron chi connectivity index (χ0n) is 19.8. The third-order valence-corrected chi connectivity index (χ3v) is 8.06. The fourth-order valence-electron chi connectivity index (χ4n) is 5.84. The molecule has 34 heavy (non-hydrogen) atoms. The van der Waals surface area contributed by atoms with E-state index in [4.69, 9.17) is 4.98 Å². The van der Waals surface area contributed by atoms with Crippen molar-refractivity contribution in [2.24, 2.45) is 11.8 Å². The van der Waals surface area contributed by atoms with Gasteiger partial charge in [0.15, 0.2) is 0 Å². The Kier molecular flexibility index (Phi) is 4.81. The van der Waals surface area contributed by atoms with Crippen LogP contribution >= 0.6 is 0 Å². The van der Waals surface area contributed by atoms with Gasteiger partial charge >= 0.3 is 0 Å². The molecule has 0 spiro atoms. The smallest absolute Gasteiger partial charge is 0.270 e. The first-order valence-electron chi connectivity index (χ1n) is 12.0. The number of hydrogen-bond acceptors (Lipinski definition) is 6. The Morgan fingerprint density at radius 2 is 2.00 bits per heavy atom. The lowest BCUT2D eigenvalue weighted by molar-refractivity contribution is -0.160. The van der Waals surface area contributed by atoms with E-state index in [0.29, 0.717) is 28.9 Å². The summed E-state index contributed by atoms with van der Waals surface area (Å²) < 4.78 is 17.0. The summed E-state index contributed by atoms with van der Waals surface area (Å²) in [7, 11) is 3.54. The predicted octanol–water partition coefficient (Wildman–Crippen LogP) is 3.18. The SMILES string of the molecule is C[C@@H]1C2CC1(n1c(C(=O)N(C)C)cc3cnc(Nc4ccc(N5CCNCC5)c(F)c4)nc31)C2. The van der Waals surface area contributed by atoms with Crippen molar-refractivity contribution >= 4 is 34.3 Å². The number of halogens is 1. The van der Waals surface area contributed by atoms with Crippen LogP contribution in [0, 0.1) is 17.7 Å². The molecule has 3 aliphatic carbocycles. The Hall–Kier alpha value is -3.20. The lowest BCUT2D eigenvalue weighted by Gasteiger charge is -2.68. The van der Waals surface area contributed by atoms with Crippen LogP contribution < -0.4 is 15.5 Å². The highest BCUT2D eigenvalue weighted by atomic mass is 19.1. The summed E-state index contributed by atoms with van der Waals surface area (Å²) in [6.07, 6.45) is 3.91. The van der Waals surface area contributed by atoms with Gasteiger partial charge < -0.3 is 25.0 Å². The van der Waals surface area contributed by atoms with Gasteiger partial charge in [0.05, 0.1) is 11.2 Å². The molecule has 1 amide bonds. The number of nitrogens with zero attached hydrogens (tertiary/aromatic N) is 5. The van der Waals surface area contributed by atoms with Gasteiger partial charge in [-0.15, -0.1) is 0 Å². The van der Waals surface area contributed by atoms with Crippen LogP contribution in [0.25, 0.3) is 11.0 Å². The second-order valence-corrected chi connectivity index (χ2v) is 10.1. The van der Waals surface area contributed by atoms with Crippen LogP contribution in [-0.2, 0) is 5.54 Å². The quantitative estimate of drug-likeness (QED) is 0.605. The number of aromatic nitrogens is 3. The molecule has 2 N–H and O–H groups in total. The third kappa shape index (κ3) is 3.10. The number of amides is 1. The van der Waals surface area contributed by atoms with Gasteiger partial charge in [-0.2, -0.15) is 4.98 Å². The molecule has 4 fully saturated rings. The molecule has 1 atom stereocenters. The van der Waals surface area contributed by atoms with E-state index in [1.165, 1.54) is 6.07 Å². The van der Waals surface area contributed by atoms with Crippen LogP contribution in [0.3, 0.4) is 0 Å². The molecule has 4 aliphatic rings. The molecule has 1 saturated heterocycles. The Balaban J connectivity index is 1.34. The lowest BCUT2D eigenvalue weighted by atomic mass is 9.42. The summed E-state index contributed by atoms with van der Waals surface area (Å²) in [6.45, 7) is 5.54. The van der Waals surface area contributed by atoms with E-state index in [0.717, 1.165) is 56.0 Å². The number of nitrogens with one attached hydrogen (secondary N) is 2. The number of carbonyl (C=O) groups is 1. The molecule has 8 nitrogen and oxygen atoms in total. The second-order valence-electron chi connectivity index (χ2n) is 10.1. The van der Waals surface area contributed by atoms with Gasteiger partial charge in [-0.05, 0) is 48.9 Å². The van der Waals surface area contributed by atoms with Gasteiger partial charge in [0.1, 0.15) is 17.2 Å². The van der Waals surface area contributed by atoms with Gasteiger partial charge in [0, 0.05) is 57.5 Å². The van der Waals surface area contributed by atoms with E-state index in [-0.39, 0.29) is 17.3 Å². The molecule has 1 aromatic carbocycles. The third-order valence-electron chi connectivity index (χ3n) is 8.06. The van der Waals surface area contributed by atoms with Crippen LogP contribution in [-0.4, -0.2) is 65.6 Å². The van der Waals surface area contributed by atoms with Crippen molar-refractivity contribution in [2.75, 3.05) is 50.5 Å². The van der Waals surface area contributed by atoms with Gasteiger partial charge in [0.25, 0.3) is 5.91 Å². The summed E-state index contributed by atoms with van der Waals surface area (Å²) in [6, 6.07) is 7.06. The minimum atomic E-state index is -0.266. The number of hydrogen-bond donors (Lipinski definition) is 2. The molecule has 3 heterocycles. The summed E-state index contributed by atoms with van der Waals surface area (Å²) in [5, 5.41) is 7.29. The standard InChI is InChI=1S/C25H30FN7O/c1-15-17-12-25(15,13-17)33-21(23(34)31(2)3)10-16-14-28-24(30-22(16)33)29-18-4-5-20(19(26)11-18)32-8-6-27-7-9-32/h4-5,10-11,14-15,17,27H,6-9,12-13H2,1-3H3,(H,28,29,30)/t15-,17?,25?/m1/s1. The van der Waals surface area contributed by atoms with Crippen molar-refractivity contribution in [1.82, 2.24) is 24.8 Å². The van der Waals surface area contributed by atoms with Gasteiger partial charge in [-0.1, -0.05) is 6.92 Å². The number of carbonyl (C=O) groups excluding carboxylic acids is 1. The maximum atomic E-state index is 14.9. The average molecular weight is 464 g/mol. The second kappa shape index (κ2) is 7.66. The van der Waals surface area contributed by atoms with E-state index in [2.05, 4.69) is 32.0 Å². The van der Waals surface area contributed by atoms with Gasteiger partial charge in [0.2, 0.25) is 5.95 Å². The highest BCUT2D eigenvalue weighted by Gasteiger charge is 2.65. The van der Waals surface area contributed by atoms with Crippen LogP contribution in [0.2, 0.25) is 0 Å². The van der Waals surface area contributed by atoms with Crippen LogP contribution in [0.15, 0.2) is 30.5 Å². The molecule has 3 saturated carbocycles. The van der Waals surface area contributed by atoms with E-state index in [9.17, 15) is 9.18 Å². The van der Waals surface area contributed by atoms with Gasteiger partial charge in [-0.3, -0.25) is 4.79 Å². The fraction of sp³-hybridized carbons (Fsp3) is 0.480. The number of rotatable bonds is 5. The van der Waals surface area contributed by atoms with Crippen molar-refractivity contribution in [2.45, 2.75) is 25.3 Å². The molecule has 0 unspecified atom stereocenters. The Bertz CT molecular complexity index is 1270. The first-order valence-corrected chi connectivity index (χ1v) is 12.0. The highest BCUT2D eigenvalue weighted by Crippen LogP contribution is 2.67. The molecule has 178 valence electrons. The first-order chi connectivity index (χ1) is 16.4. The summed E-state index contributed by atoms with van der Waals surface area (Å²) >= 11 is 0. The summed E-state index contributed by atoms with van der Waals surface area (Å²) in [4.78, 5) is 25.9. The van der Waals surface area contributed by atoms with E-state index >= 15 is 0 Å². The van der Waals surface area contributed by atoms with Gasteiger partial charge in [-0.25, -0.2) is 9.37 Å². The summed E-state index contributed by atoms with van der Waals surface area (Å²) in [5.74, 6) is 1.35. The average Bonchev–Trinajstić information content (AvgIpc) is 3.16. The van der Waals surface area contributed by atoms with Crippen LogP contribution in [0.4, 0.5) is 21.7 Å². The molecule has 0 radical (unpaired) electrons. The zero-order valence-corrected chi connectivity index (χ0v) is 19.8. The highest BCUT2D eigenvalue weighted by molar-refractivity contribution is 5.98. The minimum Gasteiger partial charge on any atom is -0.367 e. The summed E-state index contributed by atoms with van der Waals surface area (Å²) in [5.41, 5.74) is 2.57. The topological polar surface area (TPSA) is 78.3 Å². The normalized spacial score (nSPS) is 25.6. The van der Waals surface area contributed by atoms with E-state index < -0.39 is 0 Å². The van der Waals surface area contributed by atoms with Crippen molar-refractivity contribution in [1.29, 1.82) is 0 Å². The molecular weight excluding hydrogens is 433 g/mol. The Labute approximate surface area is 198 Å². The zero-order chi connectivity index (χ0) is 23.6. The lowest BCUT2D eigenvalue weighted by Crippen LogP contribution is -2.67. The van der Waals surface area contributed by atoms with Crippen molar-refractivity contribution in [3.8, 4) is 0 Å². The number of fused-ring (bicyclic) bond motifs is 1. The van der Waals surface area contributed by atoms with Crippen molar-refractivity contribution < 1.29 is 9.18 Å². The maximum Gasteiger partial charge on any atom is 0.270 e. The first kappa shape index (κ1) is 21.3. The molecule has 1 aliphatic heterocycles. The van der Waals surface area contributed by atoms with E-state index in [1.54, 1.807) is 25.2 Å². The van der Waals surface area contributed by atoms with Crippen LogP contribution in [0.1, 0.15) is 30.3 Å². The number of benzene rings is 1. The van der Waals surface area contributed by atoms with E-state index in [1.807, 2.05) is 18.2 Å². The monoisotopic (exact) mass is 463 g/mol. The largest absolute Gasteiger partial charge is 0.367 e. The predicted molar refractivity (Wildman–Crippen MR) is 130 cm³/mol. The molecule has 7 rings (SSSR count). The number of anilines is 3. The molecule has 2 bridgehead atoms. The van der Waals surface area contributed by atoms with Crippen LogP contribution in [0.5, 0.6) is 0 Å².